The van der Waals surface area contributed by atoms with E-state index in [1.807, 2.05) is 24.3 Å². The Morgan fingerprint density at radius 1 is 1.22 bits per heavy atom. The van der Waals surface area contributed by atoms with Gasteiger partial charge in [-0.15, -0.1) is 0 Å². The summed E-state index contributed by atoms with van der Waals surface area (Å²) in [6, 6.07) is 10.5. The Labute approximate surface area is 110 Å². The average Bonchev–Trinajstić information content (AvgIpc) is 2.40. The van der Waals surface area contributed by atoms with Gasteiger partial charge in [-0.2, -0.15) is 5.26 Å². The van der Waals surface area contributed by atoms with Crippen molar-refractivity contribution in [1.82, 2.24) is 0 Å². The molecule has 1 aromatic carbocycles. The molecule has 1 aliphatic rings. The Balaban J connectivity index is 2.35. The lowest BCUT2D eigenvalue weighted by atomic mass is 9.49. The van der Waals surface area contributed by atoms with Crippen molar-refractivity contribution in [2.24, 2.45) is 5.41 Å². The maximum atomic E-state index is 9.63. The molecule has 1 aromatic rings. The minimum absolute atomic E-state index is 0.335. The van der Waals surface area contributed by atoms with E-state index in [0.29, 0.717) is 5.41 Å². The average molecular weight is 243 g/mol. The molecule has 0 unspecified atom stereocenters. The second kappa shape index (κ2) is 4.65. The molecule has 18 heavy (non-hydrogen) atoms. The van der Waals surface area contributed by atoms with Crippen LogP contribution in [0, 0.1) is 16.7 Å². The summed E-state index contributed by atoms with van der Waals surface area (Å²) in [7, 11) is 1.68. The van der Waals surface area contributed by atoms with E-state index in [1.54, 1.807) is 7.11 Å². The van der Waals surface area contributed by atoms with Crippen LogP contribution in [0.5, 0.6) is 5.75 Å². The minimum Gasteiger partial charge on any atom is -0.496 e. The molecule has 1 fully saturated rings. The van der Waals surface area contributed by atoms with Gasteiger partial charge in [0, 0.05) is 5.56 Å². The summed E-state index contributed by atoms with van der Waals surface area (Å²) < 4.78 is 5.41. The summed E-state index contributed by atoms with van der Waals surface area (Å²) in [6.07, 6.45) is 4.23. The van der Waals surface area contributed by atoms with Crippen molar-refractivity contribution in [2.45, 2.75) is 44.9 Å². The van der Waals surface area contributed by atoms with Gasteiger partial charge >= 0.3 is 0 Å². The SMILES string of the molecule is CCC1(CC)CC(C#N)(c2ccccc2OC)C1. The van der Waals surface area contributed by atoms with Crippen LogP contribution < -0.4 is 4.74 Å². The van der Waals surface area contributed by atoms with Crippen molar-refractivity contribution in [2.75, 3.05) is 7.11 Å². The first kappa shape index (κ1) is 13.0. The molecule has 0 heterocycles. The zero-order chi connectivity index (χ0) is 13.2. The molecule has 1 saturated carbocycles. The zero-order valence-corrected chi connectivity index (χ0v) is 11.5. The van der Waals surface area contributed by atoms with Crippen LogP contribution in [0.25, 0.3) is 0 Å². The van der Waals surface area contributed by atoms with Crippen LogP contribution in [-0.2, 0) is 5.41 Å². The third kappa shape index (κ3) is 1.79. The highest BCUT2D eigenvalue weighted by molar-refractivity contribution is 5.46. The summed E-state index contributed by atoms with van der Waals surface area (Å²) >= 11 is 0. The van der Waals surface area contributed by atoms with Gasteiger partial charge in [0.05, 0.1) is 18.6 Å². The fraction of sp³-hybridized carbons (Fsp3) is 0.562. The van der Waals surface area contributed by atoms with Gasteiger partial charge in [-0.05, 0) is 24.3 Å². The smallest absolute Gasteiger partial charge is 0.123 e. The van der Waals surface area contributed by atoms with Gasteiger partial charge in [-0.3, -0.25) is 0 Å². The Bertz CT molecular complexity index is 460. The number of nitrogens with zero attached hydrogens (tertiary/aromatic N) is 1. The quantitative estimate of drug-likeness (QED) is 0.799. The van der Waals surface area contributed by atoms with Crippen LogP contribution in [0.3, 0.4) is 0 Å². The van der Waals surface area contributed by atoms with Gasteiger partial charge in [0.1, 0.15) is 5.75 Å². The molecule has 0 atom stereocenters. The number of benzene rings is 1. The maximum absolute atomic E-state index is 9.63. The predicted octanol–water partition coefficient (Wildman–Crippen LogP) is 4.06. The van der Waals surface area contributed by atoms with Crippen LogP contribution >= 0.6 is 0 Å². The van der Waals surface area contributed by atoms with Crippen molar-refractivity contribution in [3.8, 4) is 11.8 Å². The monoisotopic (exact) mass is 243 g/mol. The van der Waals surface area contributed by atoms with Crippen molar-refractivity contribution >= 4 is 0 Å². The van der Waals surface area contributed by atoms with Gasteiger partial charge in [0.2, 0.25) is 0 Å². The number of hydrogen-bond donors (Lipinski definition) is 0. The number of nitriles is 1. The third-order valence-corrected chi connectivity index (χ3v) is 4.69. The molecule has 96 valence electrons. The summed E-state index contributed by atoms with van der Waals surface area (Å²) in [5.74, 6) is 0.847. The van der Waals surface area contributed by atoms with Crippen LogP contribution in [-0.4, -0.2) is 7.11 Å². The fourth-order valence-electron chi connectivity index (χ4n) is 3.35. The summed E-state index contributed by atoms with van der Waals surface area (Å²) in [4.78, 5) is 0. The maximum Gasteiger partial charge on any atom is 0.123 e. The number of ether oxygens (including phenoxy) is 1. The highest BCUT2D eigenvalue weighted by atomic mass is 16.5. The topological polar surface area (TPSA) is 33.0 Å². The largest absolute Gasteiger partial charge is 0.496 e. The molecule has 0 amide bonds. The normalized spacial score (nSPS) is 19.7. The van der Waals surface area contributed by atoms with Crippen molar-refractivity contribution in [3.05, 3.63) is 29.8 Å². The first-order chi connectivity index (χ1) is 8.65. The molecule has 0 aliphatic heterocycles. The van der Waals surface area contributed by atoms with Crippen LogP contribution in [0.2, 0.25) is 0 Å². The first-order valence-corrected chi connectivity index (χ1v) is 6.70. The third-order valence-electron chi connectivity index (χ3n) is 4.69. The van der Waals surface area contributed by atoms with E-state index in [2.05, 4.69) is 19.9 Å². The van der Waals surface area contributed by atoms with Crippen molar-refractivity contribution in [3.63, 3.8) is 0 Å². The number of methoxy groups -OCH3 is 1. The summed E-state index contributed by atoms with van der Waals surface area (Å²) in [5, 5.41) is 9.63. The Hall–Kier alpha value is -1.49. The van der Waals surface area contributed by atoms with Crippen molar-refractivity contribution in [1.29, 1.82) is 5.26 Å². The Kier molecular flexibility index (Phi) is 3.34. The van der Waals surface area contributed by atoms with Crippen LogP contribution in [0.15, 0.2) is 24.3 Å². The number of para-hydroxylation sites is 1. The van der Waals surface area contributed by atoms with E-state index in [9.17, 15) is 5.26 Å². The molecule has 0 saturated heterocycles. The van der Waals surface area contributed by atoms with E-state index < -0.39 is 0 Å². The molecule has 0 bridgehead atoms. The van der Waals surface area contributed by atoms with E-state index in [-0.39, 0.29) is 5.41 Å². The minimum atomic E-state index is -0.335. The Morgan fingerprint density at radius 2 is 1.83 bits per heavy atom. The van der Waals surface area contributed by atoms with Crippen LogP contribution in [0.4, 0.5) is 0 Å². The van der Waals surface area contributed by atoms with Crippen LogP contribution in [0.1, 0.15) is 45.1 Å². The van der Waals surface area contributed by atoms with Gasteiger partial charge < -0.3 is 4.74 Å². The van der Waals surface area contributed by atoms with Gasteiger partial charge in [0.25, 0.3) is 0 Å². The molecule has 0 spiro atoms. The van der Waals surface area contributed by atoms with E-state index in [0.717, 1.165) is 37.0 Å². The zero-order valence-electron chi connectivity index (χ0n) is 11.5. The van der Waals surface area contributed by atoms with E-state index >= 15 is 0 Å². The second-order valence-electron chi connectivity index (χ2n) is 5.45. The van der Waals surface area contributed by atoms with Crippen molar-refractivity contribution < 1.29 is 4.74 Å². The molecular weight excluding hydrogens is 222 g/mol. The second-order valence-corrected chi connectivity index (χ2v) is 5.45. The molecular formula is C16H21NO. The first-order valence-electron chi connectivity index (χ1n) is 6.70. The van der Waals surface area contributed by atoms with E-state index in [4.69, 9.17) is 4.74 Å². The standard InChI is InChI=1S/C16H21NO/c1-4-15(5-2)10-16(11-15,12-17)13-8-6-7-9-14(13)18-3/h6-9H,4-5,10-11H2,1-3H3. The van der Waals surface area contributed by atoms with E-state index in [1.165, 1.54) is 0 Å². The number of rotatable bonds is 4. The fourth-order valence-corrected chi connectivity index (χ4v) is 3.35. The Morgan fingerprint density at radius 3 is 2.33 bits per heavy atom. The van der Waals surface area contributed by atoms with Gasteiger partial charge in [-0.25, -0.2) is 0 Å². The lowest BCUT2D eigenvalue weighted by molar-refractivity contribution is 0.0465. The predicted molar refractivity (Wildman–Crippen MR) is 72.5 cm³/mol. The summed E-state index contributed by atoms with van der Waals surface area (Å²) in [6.45, 7) is 4.46. The highest BCUT2D eigenvalue weighted by Crippen LogP contribution is 2.60. The molecule has 1 aliphatic carbocycles. The molecule has 2 nitrogen and oxygen atoms in total. The lowest BCUT2D eigenvalue weighted by Gasteiger charge is -2.53. The molecule has 2 heteroatoms. The van der Waals surface area contributed by atoms with Gasteiger partial charge in [-0.1, -0.05) is 44.9 Å². The highest BCUT2D eigenvalue weighted by Gasteiger charge is 2.54. The lowest BCUT2D eigenvalue weighted by Crippen LogP contribution is -2.48. The molecule has 0 aromatic heterocycles. The molecule has 0 N–H and O–H groups in total. The molecule has 0 radical (unpaired) electrons. The molecule has 2 rings (SSSR count). The summed E-state index contributed by atoms with van der Waals surface area (Å²) in [5.41, 5.74) is 1.09. The number of hydrogen-bond acceptors (Lipinski definition) is 2. The van der Waals surface area contributed by atoms with Gasteiger partial charge in [0.15, 0.2) is 0 Å².